The summed E-state index contributed by atoms with van der Waals surface area (Å²) in [5.41, 5.74) is 1.44. The molecule has 0 atom stereocenters. The van der Waals surface area contributed by atoms with E-state index in [0.717, 1.165) is 44.9 Å². The van der Waals surface area contributed by atoms with E-state index < -0.39 is 23.4 Å². The average molecular weight is 461 g/mol. The predicted octanol–water partition coefficient (Wildman–Crippen LogP) is 7.90. The maximum atomic E-state index is 14.2. The molecule has 1 aliphatic carbocycles. The summed E-state index contributed by atoms with van der Waals surface area (Å²) in [5, 5.41) is 0. The molecule has 0 bridgehead atoms. The first-order chi connectivity index (χ1) is 15.9. The van der Waals surface area contributed by atoms with Gasteiger partial charge in [0.1, 0.15) is 0 Å². The van der Waals surface area contributed by atoms with Crippen LogP contribution >= 0.6 is 0 Å². The topological polar surface area (TPSA) is 35.5 Å². The largest absolute Gasteiger partial charge is 0.491 e. The van der Waals surface area contributed by atoms with E-state index in [1.165, 1.54) is 24.6 Å². The lowest BCUT2D eigenvalue weighted by atomic mass is 9.77. The predicted molar refractivity (Wildman–Crippen MR) is 122 cm³/mol. The number of esters is 1. The first-order valence-electron chi connectivity index (χ1n) is 11.6. The van der Waals surface area contributed by atoms with Gasteiger partial charge < -0.3 is 9.47 Å². The van der Waals surface area contributed by atoms with E-state index in [2.05, 4.69) is 0 Å². The normalized spacial score (nSPS) is 18.8. The van der Waals surface area contributed by atoms with Gasteiger partial charge in [-0.05, 0) is 94.0 Å². The van der Waals surface area contributed by atoms with Gasteiger partial charge in [0.2, 0.25) is 11.6 Å². The van der Waals surface area contributed by atoms with E-state index in [0.29, 0.717) is 11.8 Å². The van der Waals surface area contributed by atoms with Crippen LogP contribution in [0.3, 0.4) is 0 Å². The van der Waals surface area contributed by atoms with E-state index in [4.69, 9.17) is 9.47 Å². The third kappa shape index (κ3) is 6.86. The van der Waals surface area contributed by atoms with Crippen molar-refractivity contribution in [2.24, 2.45) is 5.92 Å². The molecule has 0 N–H and O–H groups in total. The van der Waals surface area contributed by atoms with Crippen LogP contribution in [0.2, 0.25) is 0 Å². The third-order valence-electron chi connectivity index (χ3n) is 6.22. The number of unbranched alkanes of at least 4 members (excludes halogenated alkanes) is 1. The van der Waals surface area contributed by atoms with Crippen molar-refractivity contribution in [3.8, 4) is 11.5 Å². The molecule has 178 valence electrons. The lowest BCUT2D eigenvalue weighted by molar-refractivity contribution is 0.0726. The molecule has 0 aromatic heterocycles. The molecule has 0 saturated heterocycles. The molecule has 0 aliphatic heterocycles. The number of carbonyl (C=O) groups excluding carboxylic acids is 1. The molecule has 1 fully saturated rings. The number of rotatable bonds is 9. The minimum absolute atomic E-state index is 0.109. The summed E-state index contributed by atoms with van der Waals surface area (Å²) in [6.07, 6.45) is 9.07. The fourth-order valence-corrected chi connectivity index (χ4v) is 4.40. The second kappa shape index (κ2) is 11.9. The molecule has 0 amide bonds. The zero-order valence-corrected chi connectivity index (χ0v) is 19.2. The number of carbonyl (C=O) groups is 1. The molecule has 1 aliphatic rings. The highest BCUT2D eigenvalue weighted by Gasteiger charge is 2.23. The lowest BCUT2D eigenvalue weighted by Crippen LogP contribution is -2.14. The third-order valence-corrected chi connectivity index (χ3v) is 6.22. The van der Waals surface area contributed by atoms with Crippen molar-refractivity contribution in [3.63, 3.8) is 0 Å². The van der Waals surface area contributed by atoms with Gasteiger partial charge in [0.05, 0.1) is 18.0 Å². The maximum absolute atomic E-state index is 14.2. The summed E-state index contributed by atoms with van der Waals surface area (Å²) in [5.74, 6) is -2.85. The van der Waals surface area contributed by atoms with Crippen molar-refractivity contribution in [1.29, 1.82) is 0 Å². The molecule has 0 radical (unpaired) electrons. The summed E-state index contributed by atoms with van der Waals surface area (Å²) in [4.78, 5) is 12.4. The smallest absolute Gasteiger partial charge is 0.343 e. The van der Waals surface area contributed by atoms with E-state index in [1.807, 2.05) is 12.1 Å². The van der Waals surface area contributed by atoms with Crippen LogP contribution in [0.15, 0.2) is 48.3 Å². The van der Waals surface area contributed by atoms with Crippen molar-refractivity contribution < 1.29 is 27.4 Å². The summed E-state index contributed by atoms with van der Waals surface area (Å²) in [6, 6.07) is 9.57. The molecule has 2 aromatic carbocycles. The van der Waals surface area contributed by atoms with Crippen LogP contribution in [0.4, 0.5) is 13.2 Å². The number of allylic oxidation sites excluding steroid dienone is 2. The minimum Gasteiger partial charge on any atom is -0.491 e. The van der Waals surface area contributed by atoms with Gasteiger partial charge in [-0.25, -0.2) is 9.18 Å². The second-order valence-electron chi connectivity index (χ2n) is 8.57. The molecule has 0 spiro atoms. The summed E-state index contributed by atoms with van der Waals surface area (Å²) in [7, 11) is 0. The SMILES string of the molecule is CCOc1ccc(OC(=O)c2ccc(C3CCC(CCCC=C(C)F)CC3)cc2)c(F)c1F. The highest BCUT2D eigenvalue weighted by molar-refractivity contribution is 5.91. The van der Waals surface area contributed by atoms with Gasteiger partial charge in [-0.3, -0.25) is 0 Å². The number of hydrogen-bond acceptors (Lipinski definition) is 3. The Morgan fingerprint density at radius 2 is 1.64 bits per heavy atom. The van der Waals surface area contributed by atoms with Crippen LogP contribution in [0.5, 0.6) is 11.5 Å². The Morgan fingerprint density at radius 1 is 1.00 bits per heavy atom. The Hall–Kier alpha value is -2.76. The Balaban J connectivity index is 1.53. The Bertz CT molecular complexity index is 957. The quantitative estimate of drug-likeness (QED) is 0.217. The van der Waals surface area contributed by atoms with Gasteiger partial charge in [-0.1, -0.05) is 24.6 Å². The monoisotopic (exact) mass is 460 g/mol. The molecule has 3 rings (SSSR count). The second-order valence-corrected chi connectivity index (χ2v) is 8.57. The van der Waals surface area contributed by atoms with Crippen molar-refractivity contribution in [2.75, 3.05) is 6.61 Å². The van der Waals surface area contributed by atoms with Crippen LogP contribution < -0.4 is 9.47 Å². The molecular weight excluding hydrogens is 429 g/mol. The summed E-state index contributed by atoms with van der Waals surface area (Å²) >= 11 is 0. The molecule has 6 heteroatoms. The Morgan fingerprint density at radius 3 is 2.27 bits per heavy atom. The minimum atomic E-state index is -1.25. The van der Waals surface area contributed by atoms with Gasteiger partial charge in [0, 0.05) is 0 Å². The van der Waals surface area contributed by atoms with Crippen LogP contribution in [-0.2, 0) is 0 Å². The molecule has 3 nitrogen and oxygen atoms in total. The molecule has 2 aromatic rings. The Kier molecular flexibility index (Phi) is 8.98. The van der Waals surface area contributed by atoms with E-state index in [9.17, 15) is 18.0 Å². The van der Waals surface area contributed by atoms with Crippen LogP contribution in [0.1, 0.15) is 80.6 Å². The van der Waals surface area contributed by atoms with Crippen LogP contribution in [0.25, 0.3) is 0 Å². The zero-order valence-electron chi connectivity index (χ0n) is 19.2. The molecule has 0 heterocycles. The van der Waals surface area contributed by atoms with E-state index in [1.54, 1.807) is 25.1 Å². The van der Waals surface area contributed by atoms with Gasteiger partial charge in [-0.15, -0.1) is 0 Å². The van der Waals surface area contributed by atoms with Gasteiger partial charge >= 0.3 is 5.97 Å². The molecule has 0 unspecified atom stereocenters. The van der Waals surface area contributed by atoms with Crippen LogP contribution in [-0.4, -0.2) is 12.6 Å². The highest BCUT2D eigenvalue weighted by atomic mass is 19.2. The zero-order chi connectivity index (χ0) is 23.8. The highest BCUT2D eigenvalue weighted by Crippen LogP contribution is 2.38. The summed E-state index contributed by atoms with van der Waals surface area (Å²) in [6.45, 7) is 3.34. The number of hydrogen-bond donors (Lipinski definition) is 0. The van der Waals surface area contributed by atoms with Gasteiger partial charge in [0.15, 0.2) is 11.5 Å². The summed E-state index contributed by atoms with van der Waals surface area (Å²) < 4.78 is 51.0. The van der Waals surface area contributed by atoms with Crippen molar-refractivity contribution >= 4 is 5.97 Å². The average Bonchev–Trinajstić information content (AvgIpc) is 2.82. The number of halogens is 3. The van der Waals surface area contributed by atoms with Gasteiger partial charge in [0.25, 0.3) is 0 Å². The van der Waals surface area contributed by atoms with E-state index >= 15 is 0 Å². The Labute approximate surface area is 193 Å². The first-order valence-corrected chi connectivity index (χ1v) is 11.6. The van der Waals surface area contributed by atoms with E-state index in [-0.39, 0.29) is 23.7 Å². The maximum Gasteiger partial charge on any atom is 0.343 e. The van der Waals surface area contributed by atoms with Crippen LogP contribution in [0, 0.1) is 17.6 Å². The number of ether oxygens (including phenoxy) is 2. The number of benzene rings is 2. The van der Waals surface area contributed by atoms with Gasteiger partial charge in [-0.2, -0.15) is 8.78 Å². The fraction of sp³-hybridized carbons (Fsp3) is 0.444. The van der Waals surface area contributed by atoms with Crippen molar-refractivity contribution in [2.45, 2.75) is 64.7 Å². The first kappa shape index (κ1) is 24.9. The molecule has 1 saturated carbocycles. The molecule has 33 heavy (non-hydrogen) atoms. The standard InChI is InChI=1S/C27H31F3O3/c1-3-32-23-16-17-24(26(30)25(23)29)33-27(31)22-14-12-21(13-15-22)20-10-8-19(9-11-20)7-5-4-6-18(2)28/h6,12-17,19-20H,3-5,7-11H2,1-2H3. The molecular formula is C27H31F3O3. The van der Waals surface area contributed by atoms with Crippen molar-refractivity contribution in [3.05, 3.63) is 71.1 Å². The van der Waals surface area contributed by atoms with Crippen molar-refractivity contribution in [1.82, 2.24) is 0 Å². The lowest BCUT2D eigenvalue weighted by Gasteiger charge is -2.28. The fourth-order valence-electron chi connectivity index (χ4n) is 4.40.